The molecule has 1 atom stereocenters. The molecule has 0 unspecified atom stereocenters. The van der Waals surface area contributed by atoms with Gasteiger partial charge in [-0.15, -0.1) is 5.10 Å². The number of nitrogens with one attached hydrogen (secondary N) is 1. The quantitative estimate of drug-likeness (QED) is 0.765. The average Bonchev–Trinajstić information content (AvgIpc) is 2.89. The molecule has 0 aliphatic rings. The highest BCUT2D eigenvalue weighted by Gasteiger charge is 2.18. The fourth-order valence-electron chi connectivity index (χ4n) is 1.88. The minimum absolute atomic E-state index is 0.130. The zero-order chi connectivity index (χ0) is 15.9. The van der Waals surface area contributed by atoms with Gasteiger partial charge in [-0.25, -0.2) is 4.68 Å². The van der Waals surface area contributed by atoms with Crippen LogP contribution in [0.15, 0.2) is 41.0 Å². The molecule has 2 aromatic rings. The van der Waals surface area contributed by atoms with E-state index >= 15 is 0 Å². The molecule has 0 fully saturated rings. The number of halogens is 1. The Morgan fingerprint density at radius 1 is 1.41 bits per heavy atom. The summed E-state index contributed by atoms with van der Waals surface area (Å²) in [6, 6.07) is 9.72. The van der Waals surface area contributed by atoms with Crippen LogP contribution in [0.2, 0.25) is 0 Å². The Kier molecular flexibility index (Phi) is 6.00. The van der Waals surface area contributed by atoms with Crippen LogP contribution < -0.4 is 10.1 Å². The molecule has 0 radical (unpaired) electrons. The maximum atomic E-state index is 11.9. The molecule has 0 aliphatic carbocycles. The number of para-hydroxylation sites is 1. The van der Waals surface area contributed by atoms with Crippen molar-refractivity contribution >= 4 is 21.8 Å². The van der Waals surface area contributed by atoms with Gasteiger partial charge in [-0.2, -0.15) is 0 Å². The van der Waals surface area contributed by atoms with E-state index in [1.165, 1.54) is 0 Å². The average molecular weight is 366 g/mol. The van der Waals surface area contributed by atoms with Crippen LogP contribution in [0.3, 0.4) is 0 Å². The molecule has 5 nitrogen and oxygen atoms in total. The van der Waals surface area contributed by atoms with Gasteiger partial charge in [0.1, 0.15) is 0 Å². The second-order valence-corrected chi connectivity index (χ2v) is 5.82. The maximum Gasteiger partial charge on any atom is 0.260 e. The van der Waals surface area contributed by atoms with Gasteiger partial charge in [-0.3, -0.25) is 4.79 Å². The Labute approximate surface area is 138 Å². The Balaban J connectivity index is 2.01. The SMILES string of the molecule is CCCCNC(=O)[C@@H](C)Oc1nn(-c2ccccc2)cc1Br. The zero-order valence-electron chi connectivity index (χ0n) is 12.8. The lowest BCUT2D eigenvalue weighted by molar-refractivity contribution is -0.127. The summed E-state index contributed by atoms with van der Waals surface area (Å²) in [6.45, 7) is 4.47. The third-order valence-corrected chi connectivity index (χ3v) is 3.69. The van der Waals surface area contributed by atoms with E-state index in [2.05, 4.69) is 33.3 Å². The fraction of sp³-hybridized carbons (Fsp3) is 0.375. The van der Waals surface area contributed by atoms with Crippen molar-refractivity contribution in [3.63, 3.8) is 0 Å². The summed E-state index contributed by atoms with van der Waals surface area (Å²) < 4.78 is 8.07. The summed E-state index contributed by atoms with van der Waals surface area (Å²) >= 11 is 3.42. The molecular formula is C16H20BrN3O2. The number of benzene rings is 1. The fourth-order valence-corrected chi connectivity index (χ4v) is 2.25. The zero-order valence-corrected chi connectivity index (χ0v) is 14.3. The standard InChI is InChI=1S/C16H20BrN3O2/c1-3-4-10-18-15(21)12(2)22-16-14(17)11-20(19-16)13-8-6-5-7-9-13/h5-9,11-12H,3-4,10H2,1-2H3,(H,18,21)/t12-/m1/s1. The Hall–Kier alpha value is -1.82. The van der Waals surface area contributed by atoms with Crippen LogP contribution in [0.5, 0.6) is 5.88 Å². The first kappa shape index (κ1) is 16.5. The number of carbonyl (C=O) groups excluding carboxylic acids is 1. The van der Waals surface area contributed by atoms with Gasteiger partial charge in [0.05, 0.1) is 10.2 Å². The molecule has 1 N–H and O–H groups in total. The van der Waals surface area contributed by atoms with Crippen molar-refractivity contribution in [1.82, 2.24) is 15.1 Å². The molecule has 0 saturated heterocycles. The van der Waals surface area contributed by atoms with Gasteiger partial charge in [-0.1, -0.05) is 31.5 Å². The third kappa shape index (κ3) is 4.34. The van der Waals surface area contributed by atoms with Gasteiger partial charge in [0, 0.05) is 12.7 Å². The van der Waals surface area contributed by atoms with Crippen LogP contribution >= 0.6 is 15.9 Å². The summed E-state index contributed by atoms with van der Waals surface area (Å²) in [5.41, 5.74) is 0.929. The van der Waals surface area contributed by atoms with Crippen molar-refractivity contribution in [2.45, 2.75) is 32.8 Å². The number of hydrogen-bond acceptors (Lipinski definition) is 3. The Morgan fingerprint density at radius 2 is 2.14 bits per heavy atom. The van der Waals surface area contributed by atoms with Crippen molar-refractivity contribution in [2.24, 2.45) is 0 Å². The second-order valence-electron chi connectivity index (χ2n) is 4.97. The van der Waals surface area contributed by atoms with E-state index in [0.717, 1.165) is 18.5 Å². The van der Waals surface area contributed by atoms with Crippen LogP contribution in [0.25, 0.3) is 5.69 Å². The van der Waals surface area contributed by atoms with E-state index < -0.39 is 6.10 Å². The van der Waals surface area contributed by atoms with Crippen LogP contribution in [-0.2, 0) is 4.79 Å². The summed E-state index contributed by atoms with van der Waals surface area (Å²) in [5.74, 6) is 0.275. The summed E-state index contributed by atoms with van der Waals surface area (Å²) in [5, 5.41) is 7.21. The first-order chi connectivity index (χ1) is 10.6. The van der Waals surface area contributed by atoms with Crippen molar-refractivity contribution in [2.75, 3.05) is 6.54 Å². The number of rotatable bonds is 7. The van der Waals surface area contributed by atoms with E-state index in [1.807, 2.05) is 36.5 Å². The molecular weight excluding hydrogens is 346 g/mol. The largest absolute Gasteiger partial charge is 0.463 e. The molecule has 1 heterocycles. The highest BCUT2D eigenvalue weighted by atomic mass is 79.9. The molecule has 2 rings (SSSR count). The molecule has 0 bridgehead atoms. The van der Waals surface area contributed by atoms with Gasteiger partial charge in [0.15, 0.2) is 6.10 Å². The smallest absolute Gasteiger partial charge is 0.260 e. The Bertz CT molecular complexity index is 613. The first-order valence-electron chi connectivity index (χ1n) is 7.36. The molecule has 0 spiro atoms. The lowest BCUT2D eigenvalue weighted by Gasteiger charge is -2.13. The van der Waals surface area contributed by atoms with Crippen LogP contribution in [0.4, 0.5) is 0 Å². The molecule has 118 valence electrons. The predicted octanol–water partition coefficient (Wildman–Crippen LogP) is 3.32. The van der Waals surface area contributed by atoms with Gasteiger partial charge in [-0.05, 0) is 41.4 Å². The maximum absolute atomic E-state index is 11.9. The molecule has 0 aliphatic heterocycles. The number of unbranched alkanes of at least 4 members (excludes halogenated alkanes) is 1. The van der Waals surface area contributed by atoms with Crippen molar-refractivity contribution in [3.05, 3.63) is 41.0 Å². The highest BCUT2D eigenvalue weighted by Crippen LogP contribution is 2.25. The topological polar surface area (TPSA) is 56.1 Å². The number of hydrogen-bond donors (Lipinski definition) is 1. The highest BCUT2D eigenvalue weighted by molar-refractivity contribution is 9.10. The van der Waals surface area contributed by atoms with Gasteiger partial charge in [0.2, 0.25) is 5.88 Å². The number of amides is 1. The van der Waals surface area contributed by atoms with Crippen LogP contribution in [-0.4, -0.2) is 28.3 Å². The molecule has 22 heavy (non-hydrogen) atoms. The lowest BCUT2D eigenvalue weighted by atomic mass is 10.3. The summed E-state index contributed by atoms with van der Waals surface area (Å²) in [6.07, 6.45) is 3.23. The molecule has 1 aromatic heterocycles. The van der Waals surface area contributed by atoms with E-state index in [4.69, 9.17) is 4.74 Å². The van der Waals surface area contributed by atoms with E-state index in [-0.39, 0.29) is 5.91 Å². The number of carbonyl (C=O) groups is 1. The van der Waals surface area contributed by atoms with Gasteiger partial charge in [0.25, 0.3) is 5.91 Å². The van der Waals surface area contributed by atoms with Gasteiger partial charge < -0.3 is 10.1 Å². The third-order valence-electron chi connectivity index (χ3n) is 3.15. The molecule has 1 aromatic carbocycles. The summed E-state index contributed by atoms with van der Waals surface area (Å²) in [7, 11) is 0. The van der Waals surface area contributed by atoms with Crippen molar-refractivity contribution in [3.8, 4) is 11.6 Å². The molecule has 1 amide bonds. The predicted molar refractivity (Wildman–Crippen MR) is 89.3 cm³/mol. The normalized spacial score (nSPS) is 12.0. The first-order valence-corrected chi connectivity index (χ1v) is 8.16. The minimum atomic E-state index is -0.590. The minimum Gasteiger partial charge on any atom is -0.463 e. The van der Waals surface area contributed by atoms with E-state index in [1.54, 1.807) is 11.6 Å². The van der Waals surface area contributed by atoms with Gasteiger partial charge >= 0.3 is 0 Å². The molecule has 0 saturated carbocycles. The molecule has 6 heteroatoms. The van der Waals surface area contributed by atoms with Crippen LogP contribution in [0, 0.1) is 0 Å². The van der Waals surface area contributed by atoms with E-state index in [9.17, 15) is 4.79 Å². The van der Waals surface area contributed by atoms with Crippen LogP contribution in [0.1, 0.15) is 26.7 Å². The van der Waals surface area contributed by atoms with E-state index in [0.29, 0.717) is 16.9 Å². The number of ether oxygens (including phenoxy) is 1. The summed E-state index contributed by atoms with van der Waals surface area (Å²) in [4.78, 5) is 11.9. The number of aromatic nitrogens is 2. The lowest BCUT2D eigenvalue weighted by Crippen LogP contribution is -2.36. The van der Waals surface area contributed by atoms with Crippen molar-refractivity contribution < 1.29 is 9.53 Å². The number of nitrogens with zero attached hydrogens (tertiary/aromatic N) is 2. The van der Waals surface area contributed by atoms with Crippen molar-refractivity contribution in [1.29, 1.82) is 0 Å². The Morgan fingerprint density at radius 3 is 2.82 bits per heavy atom. The monoisotopic (exact) mass is 365 g/mol. The second kappa shape index (κ2) is 7.98.